The number of carbonyl (C=O) groups excluding carboxylic acids is 1. The molecule has 0 spiro atoms. The summed E-state index contributed by atoms with van der Waals surface area (Å²) in [5, 5.41) is 2.89. The lowest BCUT2D eigenvalue weighted by molar-refractivity contribution is 0.0933. The van der Waals surface area contributed by atoms with Gasteiger partial charge in [0.1, 0.15) is 24.8 Å². The molecule has 1 aromatic heterocycles. The number of para-hydroxylation sites is 2. The van der Waals surface area contributed by atoms with Gasteiger partial charge in [0.25, 0.3) is 5.91 Å². The first-order valence-electron chi connectivity index (χ1n) is 7.77. The van der Waals surface area contributed by atoms with Gasteiger partial charge in [-0.15, -0.1) is 0 Å². The molecule has 24 heavy (non-hydrogen) atoms. The van der Waals surface area contributed by atoms with Crippen LogP contribution in [0.4, 0.5) is 0 Å². The standard InChI is InChI=1S/C18H16N2O4/c1-11(18-20-13-4-2-3-5-14(13)24-18)19-17(21)12-6-7-15-16(10-12)23-9-8-22-15/h2-7,10-11H,8-9H2,1H3,(H,19,21). The van der Waals surface area contributed by atoms with Gasteiger partial charge in [-0.1, -0.05) is 12.1 Å². The van der Waals surface area contributed by atoms with Crippen molar-refractivity contribution in [1.29, 1.82) is 0 Å². The van der Waals surface area contributed by atoms with Crippen LogP contribution in [-0.4, -0.2) is 24.1 Å². The Morgan fingerprint density at radius 3 is 2.75 bits per heavy atom. The van der Waals surface area contributed by atoms with Gasteiger partial charge in [0.15, 0.2) is 17.1 Å². The summed E-state index contributed by atoms with van der Waals surface area (Å²) in [6.45, 7) is 2.84. The molecule has 1 atom stereocenters. The minimum absolute atomic E-state index is 0.221. The molecule has 122 valence electrons. The number of nitrogens with zero attached hydrogens (tertiary/aromatic N) is 1. The van der Waals surface area contributed by atoms with Gasteiger partial charge < -0.3 is 19.2 Å². The van der Waals surface area contributed by atoms with Gasteiger partial charge in [-0.3, -0.25) is 4.79 Å². The largest absolute Gasteiger partial charge is 0.486 e. The second-order valence-corrected chi connectivity index (χ2v) is 5.57. The molecule has 1 amide bonds. The van der Waals surface area contributed by atoms with Crippen molar-refractivity contribution in [3.8, 4) is 11.5 Å². The minimum Gasteiger partial charge on any atom is -0.486 e. The smallest absolute Gasteiger partial charge is 0.252 e. The first-order chi connectivity index (χ1) is 11.7. The molecule has 0 aliphatic carbocycles. The Morgan fingerprint density at radius 2 is 1.92 bits per heavy atom. The highest BCUT2D eigenvalue weighted by atomic mass is 16.6. The van der Waals surface area contributed by atoms with Crippen molar-refractivity contribution in [3.63, 3.8) is 0 Å². The van der Waals surface area contributed by atoms with Gasteiger partial charge in [0.05, 0.1) is 0 Å². The molecule has 6 nitrogen and oxygen atoms in total. The van der Waals surface area contributed by atoms with E-state index in [9.17, 15) is 4.79 Å². The number of nitrogens with one attached hydrogen (secondary N) is 1. The predicted molar refractivity (Wildman–Crippen MR) is 87.3 cm³/mol. The van der Waals surface area contributed by atoms with E-state index in [0.717, 1.165) is 5.52 Å². The average molecular weight is 324 g/mol. The van der Waals surface area contributed by atoms with E-state index in [1.807, 2.05) is 31.2 Å². The van der Waals surface area contributed by atoms with Crippen molar-refractivity contribution < 1.29 is 18.7 Å². The van der Waals surface area contributed by atoms with E-state index in [1.165, 1.54) is 0 Å². The summed E-state index contributed by atoms with van der Waals surface area (Å²) in [4.78, 5) is 16.9. The highest BCUT2D eigenvalue weighted by molar-refractivity contribution is 5.95. The summed E-state index contributed by atoms with van der Waals surface area (Å²) < 4.78 is 16.7. The number of hydrogen-bond donors (Lipinski definition) is 1. The Labute approximate surface area is 138 Å². The van der Waals surface area contributed by atoms with E-state index in [-0.39, 0.29) is 11.9 Å². The molecular formula is C18H16N2O4. The van der Waals surface area contributed by atoms with E-state index < -0.39 is 0 Å². The van der Waals surface area contributed by atoms with Crippen LogP contribution in [0.1, 0.15) is 29.2 Å². The molecular weight excluding hydrogens is 308 g/mol. The molecule has 2 heterocycles. The summed E-state index contributed by atoms with van der Waals surface area (Å²) >= 11 is 0. The van der Waals surface area contributed by atoms with Crippen LogP contribution in [-0.2, 0) is 0 Å². The van der Waals surface area contributed by atoms with Gasteiger partial charge in [0.2, 0.25) is 5.89 Å². The maximum Gasteiger partial charge on any atom is 0.252 e. The third-order valence-electron chi connectivity index (χ3n) is 3.83. The summed E-state index contributed by atoms with van der Waals surface area (Å²) in [6.07, 6.45) is 0. The van der Waals surface area contributed by atoms with Crippen molar-refractivity contribution in [1.82, 2.24) is 10.3 Å². The van der Waals surface area contributed by atoms with E-state index >= 15 is 0 Å². The Kier molecular flexibility index (Phi) is 3.57. The third-order valence-corrected chi connectivity index (χ3v) is 3.83. The van der Waals surface area contributed by atoms with Crippen molar-refractivity contribution in [2.75, 3.05) is 13.2 Å². The fraction of sp³-hybridized carbons (Fsp3) is 0.222. The van der Waals surface area contributed by atoms with E-state index in [1.54, 1.807) is 18.2 Å². The maximum atomic E-state index is 12.5. The fourth-order valence-corrected chi connectivity index (χ4v) is 2.60. The highest BCUT2D eigenvalue weighted by Crippen LogP contribution is 2.31. The van der Waals surface area contributed by atoms with Crippen LogP contribution in [0.25, 0.3) is 11.1 Å². The van der Waals surface area contributed by atoms with Crippen LogP contribution < -0.4 is 14.8 Å². The summed E-state index contributed by atoms with van der Waals surface area (Å²) in [5.41, 5.74) is 1.98. The lowest BCUT2D eigenvalue weighted by atomic mass is 10.1. The summed E-state index contributed by atoms with van der Waals surface area (Å²) in [7, 11) is 0. The molecule has 1 N–H and O–H groups in total. The van der Waals surface area contributed by atoms with Crippen LogP contribution in [0.3, 0.4) is 0 Å². The van der Waals surface area contributed by atoms with Crippen LogP contribution in [0.5, 0.6) is 11.5 Å². The van der Waals surface area contributed by atoms with Crippen LogP contribution >= 0.6 is 0 Å². The lowest BCUT2D eigenvalue weighted by Crippen LogP contribution is -2.27. The van der Waals surface area contributed by atoms with Crippen LogP contribution in [0, 0.1) is 0 Å². The SMILES string of the molecule is CC(NC(=O)c1ccc2c(c1)OCCO2)c1nc2ccccc2o1. The topological polar surface area (TPSA) is 73.6 Å². The van der Waals surface area contributed by atoms with Crippen molar-refractivity contribution >= 4 is 17.0 Å². The summed E-state index contributed by atoms with van der Waals surface area (Å²) in [6, 6.07) is 12.3. The molecule has 0 bridgehead atoms. The number of rotatable bonds is 3. The molecule has 0 saturated carbocycles. The molecule has 0 radical (unpaired) electrons. The van der Waals surface area contributed by atoms with Crippen LogP contribution in [0.2, 0.25) is 0 Å². The normalized spacial score (nSPS) is 14.4. The van der Waals surface area contributed by atoms with Crippen molar-refractivity contribution in [2.24, 2.45) is 0 Å². The van der Waals surface area contributed by atoms with E-state index in [0.29, 0.717) is 41.7 Å². The predicted octanol–water partition coefficient (Wildman–Crippen LogP) is 3.09. The second kappa shape index (κ2) is 5.88. The molecule has 1 unspecified atom stereocenters. The number of ether oxygens (including phenoxy) is 2. The maximum absolute atomic E-state index is 12.5. The third kappa shape index (κ3) is 2.67. The lowest BCUT2D eigenvalue weighted by Gasteiger charge is -2.19. The van der Waals surface area contributed by atoms with Crippen molar-refractivity contribution in [3.05, 3.63) is 53.9 Å². The van der Waals surface area contributed by atoms with Gasteiger partial charge in [-0.25, -0.2) is 4.98 Å². The Hall–Kier alpha value is -3.02. The first kappa shape index (κ1) is 14.6. The number of benzene rings is 2. The zero-order chi connectivity index (χ0) is 16.5. The molecule has 1 aliphatic rings. The van der Waals surface area contributed by atoms with Gasteiger partial charge in [-0.2, -0.15) is 0 Å². The number of oxazole rings is 1. The Morgan fingerprint density at radius 1 is 1.12 bits per heavy atom. The van der Waals surface area contributed by atoms with Gasteiger partial charge in [0, 0.05) is 5.56 Å². The van der Waals surface area contributed by atoms with Crippen molar-refractivity contribution in [2.45, 2.75) is 13.0 Å². The molecule has 1 aliphatic heterocycles. The first-order valence-corrected chi connectivity index (χ1v) is 7.77. The Balaban J connectivity index is 1.52. The molecule has 2 aromatic carbocycles. The number of amides is 1. The van der Waals surface area contributed by atoms with E-state index in [2.05, 4.69) is 10.3 Å². The van der Waals surface area contributed by atoms with Crippen LogP contribution in [0.15, 0.2) is 46.9 Å². The molecule has 0 saturated heterocycles. The number of carbonyl (C=O) groups is 1. The van der Waals surface area contributed by atoms with Gasteiger partial charge in [-0.05, 0) is 37.3 Å². The molecule has 4 rings (SSSR count). The molecule has 0 fully saturated rings. The van der Waals surface area contributed by atoms with E-state index in [4.69, 9.17) is 13.9 Å². The quantitative estimate of drug-likeness (QED) is 0.801. The Bertz CT molecular complexity index is 870. The highest BCUT2D eigenvalue weighted by Gasteiger charge is 2.19. The zero-order valence-electron chi connectivity index (χ0n) is 13.1. The van der Waals surface area contributed by atoms with Gasteiger partial charge >= 0.3 is 0 Å². The number of aromatic nitrogens is 1. The number of fused-ring (bicyclic) bond motifs is 2. The second-order valence-electron chi connectivity index (χ2n) is 5.57. The molecule has 6 heteroatoms. The molecule has 3 aromatic rings. The number of hydrogen-bond acceptors (Lipinski definition) is 5. The fourth-order valence-electron chi connectivity index (χ4n) is 2.60. The minimum atomic E-state index is -0.349. The monoisotopic (exact) mass is 324 g/mol. The average Bonchev–Trinajstić information content (AvgIpc) is 3.05. The summed E-state index contributed by atoms with van der Waals surface area (Å²) in [5.74, 6) is 1.50. The zero-order valence-corrected chi connectivity index (χ0v) is 13.1.